The summed E-state index contributed by atoms with van der Waals surface area (Å²) in [5.74, 6) is -0.754. The van der Waals surface area contributed by atoms with Crippen LogP contribution in [0.25, 0.3) is 0 Å². The van der Waals surface area contributed by atoms with Crippen LogP contribution in [0.1, 0.15) is 5.56 Å². The molecule has 0 bridgehead atoms. The van der Waals surface area contributed by atoms with Crippen LogP contribution < -0.4 is 19.9 Å². The molecule has 0 saturated carbocycles. The Morgan fingerprint density at radius 1 is 1.14 bits per heavy atom. The molecule has 2 aromatic carbocycles. The Bertz CT molecular complexity index is 1310. The number of carbonyl (C=O) groups excluding carboxylic acids is 3. The van der Waals surface area contributed by atoms with Gasteiger partial charge in [0.15, 0.2) is 8.38 Å². The van der Waals surface area contributed by atoms with Gasteiger partial charge in [-0.05, 0) is 42.3 Å². The quantitative estimate of drug-likeness (QED) is 0.238. The number of halogens is 1. The van der Waals surface area contributed by atoms with Crippen molar-refractivity contribution in [1.29, 1.82) is 0 Å². The molecule has 0 radical (unpaired) electrons. The number of rotatable bonds is 10. The molecule has 4 rings (SSSR count). The molecular weight excluding hydrogens is 597 g/mol. The monoisotopic (exact) mass is 628 g/mol. The highest BCUT2D eigenvalue weighted by Crippen LogP contribution is 2.46. The molecular formula is C25H31FN4O10P2. The number of nitrogens with one attached hydrogen (secondary N) is 1. The van der Waals surface area contributed by atoms with Crippen LogP contribution in [-0.2, 0) is 20.5 Å². The summed E-state index contributed by atoms with van der Waals surface area (Å²) in [5, 5.41) is 10.3. The zero-order valence-electron chi connectivity index (χ0n) is 22.3. The van der Waals surface area contributed by atoms with E-state index in [1.807, 2.05) is 0 Å². The molecule has 17 heteroatoms. The summed E-state index contributed by atoms with van der Waals surface area (Å²) in [6.07, 6.45) is -2.27. The van der Waals surface area contributed by atoms with E-state index in [0.29, 0.717) is 37.4 Å². The highest BCUT2D eigenvalue weighted by molar-refractivity contribution is 7.61. The molecule has 0 aliphatic carbocycles. The number of anilines is 2. The molecule has 228 valence electrons. The van der Waals surface area contributed by atoms with Crippen molar-refractivity contribution < 1.29 is 52.6 Å². The molecule has 14 nitrogen and oxygen atoms in total. The van der Waals surface area contributed by atoms with Crippen molar-refractivity contribution in [2.75, 3.05) is 55.7 Å². The maximum absolute atomic E-state index is 15.0. The number of hydrogen-bond acceptors (Lipinski definition) is 10. The van der Waals surface area contributed by atoms with E-state index in [2.05, 4.69) is 5.32 Å². The van der Waals surface area contributed by atoms with Crippen molar-refractivity contribution in [2.24, 2.45) is 0 Å². The topological polar surface area (TPSA) is 189 Å². The Morgan fingerprint density at radius 2 is 1.83 bits per heavy atom. The van der Waals surface area contributed by atoms with Gasteiger partial charge >= 0.3 is 12.2 Å². The van der Waals surface area contributed by atoms with Gasteiger partial charge in [-0.15, -0.1) is 0 Å². The van der Waals surface area contributed by atoms with Gasteiger partial charge in [-0.25, -0.2) is 14.0 Å². The average molecular weight is 628 g/mol. The zero-order valence-corrected chi connectivity index (χ0v) is 24.2. The van der Waals surface area contributed by atoms with Gasteiger partial charge in [0.2, 0.25) is 13.9 Å². The lowest BCUT2D eigenvalue weighted by Gasteiger charge is -2.36. The third-order valence-corrected chi connectivity index (χ3v) is 9.70. The summed E-state index contributed by atoms with van der Waals surface area (Å²) >= 11 is 0. The lowest BCUT2D eigenvalue weighted by atomic mass is 10.2. The molecule has 2 saturated heterocycles. The minimum atomic E-state index is -3.15. The van der Waals surface area contributed by atoms with Gasteiger partial charge < -0.3 is 44.4 Å². The smallest absolute Gasteiger partial charge is 0.414 e. The predicted octanol–water partition coefficient (Wildman–Crippen LogP) is 1.21. The molecule has 2 unspecified atom stereocenters. The minimum Gasteiger partial charge on any atom is -0.442 e. The molecule has 2 heterocycles. The van der Waals surface area contributed by atoms with Crippen LogP contribution in [-0.4, -0.2) is 100 Å². The first-order valence-electron chi connectivity index (χ1n) is 12.9. The highest BCUT2D eigenvalue weighted by atomic mass is 31.2. The Morgan fingerprint density at radius 3 is 2.43 bits per heavy atom. The molecule has 2 aliphatic rings. The van der Waals surface area contributed by atoms with Gasteiger partial charge in [0.1, 0.15) is 29.7 Å². The Kier molecular flexibility index (Phi) is 10.7. The van der Waals surface area contributed by atoms with Crippen LogP contribution in [0, 0.1) is 5.82 Å². The van der Waals surface area contributed by atoms with E-state index in [9.17, 15) is 38.0 Å². The van der Waals surface area contributed by atoms with Gasteiger partial charge in [-0.1, -0.05) is 12.1 Å². The van der Waals surface area contributed by atoms with E-state index >= 15 is 0 Å². The minimum absolute atomic E-state index is 0.0275. The van der Waals surface area contributed by atoms with Crippen molar-refractivity contribution >= 4 is 45.9 Å². The van der Waals surface area contributed by atoms with Crippen molar-refractivity contribution in [3.05, 3.63) is 53.8 Å². The first kappa shape index (κ1) is 31.6. The predicted molar refractivity (Wildman–Crippen MR) is 150 cm³/mol. The number of nitrogens with zero attached hydrogens (tertiary/aromatic N) is 3. The number of piperazine rings is 1. The Labute approximate surface area is 242 Å². The van der Waals surface area contributed by atoms with E-state index in [1.54, 1.807) is 17.0 Å². The van der Waals surface area contributed by atoms with E-state index in [4.69, 9.17) is 14.6 Å². The van der Waals surface area contributed by atoms with E-state index in [1.165, 1.54) is 40.1 Å². The van der Waals surface area contributed by atoms with Crippen LogP contribution >= 0.6 is 16.4 Å². The first-order valence-corrected chi connectivity index (χ1v) is 15.7. The summed E-state index contributed by atoms with van der Waals surface area (Å²) in [6.45, 7) is 0.910. The van der Waals surface area contributed by atoms with Crippen LogP contribution in [0.2, 0.25) is 0 Å². The zero-order chi connectivity index (χ0) is 30.4. The Balaban J connectivity index is 1.26. The van der Waals surface area contributed by atoms with E-state index in [0.717, 1.165) is 0 Å². The molecule has 0 aromatic heterocycles. The number of aliphatic hydroxyl groups excluding tert-OH is 1. The van der Waals surface area contributed by atoms with Crippen molar-refractivity contribution in [1.82, 2.24) is 10.2 Å². The number of hydrogen-bond donors (Lipinski definition) is 5. The summed E-state index contributed by atoms with van der Waals surface area (Å²) < 4.78 is 36.8. The van der Waals surface area contributed by atoms with Gasteiger partial charge in [0.25, 0.3) is 0 Å². The molecule has 42 heavy (non-hydrogen) atoms. The second-order valence-corrected chi connectivity index (χ2v) is 12.7. The number of benzene rings is 2. The molecule has 0 spiro atoms. The molecule has 2 aromatic rings. The van der Waals surface area contributed by atoms with Crippen LogP contribution in [0.5, 0.6) is 5.75 Å². The normalized spacial score (nSPS) is 18.6. The molecule has 2 fully saturated rings. The Hall–Kier alpha value is -3.32. The van der Waals surface area contributed by atoms with Crippen molar-refractivity contribution in [3.63, 3.8) is 0 Å². The fourth-order valence-corrected chi connectivity index (χ4v) is 6.16. The SMILES string of the molecule is O=C(NC[C@H]1CN(c2ccc(N3CCN(C(=O)CO)CC3)c(F)c2)C(=O)O1)Oc1ccc(CC(P(O)O)[PH](=O)O)cc1. The maximum Gasteiger partial charge on any atom is 0.414 e. The average Bonchev–Trinajstić information content (AvgIpc) is 3.35. The molecule has 2 aliphatic heterocycles. The van der Waals surface area contributed by atoms with Crippen molar-refractivity contribution in [3.8, 4) is 5.75 Å². The molecule has 3 amide bonds. The number of aliphatic hydroxyl groups is 1. The van der Waals surface area contributed by atoms with Crippen molar-refractivity contribution in [2.45, 2.75) is 17.9 Å². The lowest BCUT2D eigenvalue weighted by molar-refractivity contribution is -0.134. The van der Waals surface area contributed by atoms with Gasteiger partial charge in [-0.2, -0.15) is 0 Å². The number of amides is 3. The largest absolute Gasteiger partial charge is 0.442 e. The van der Waals surface area contributed by atoms with Gasteiger partial charge in [0, 0.05) is 26.2 Å². The number of carbonyl (C=O) groups is 3. The van der Waals surface area contributed by atoms with Crippen LogP contribution in [0.3, 0.4) is 0 Å². The lowest BCUT2D eigenvalue weighted by Crippen LogP contribution is -2.49. The van der Waals surface area contributed by atoms with Gasteiger partial charge in [-0.3, -0.25) is 14.3 Å². The highest BCUT2D eigenvalue weighted by Gasteiger charge is 2.33. The fourth-order valence-electron chi connectivity index (χ4n) is 4.58. The van der Waals surface area contributed by atoms with E-state index < -0.39 is 52.5 Å². The molecule has 3 atom stereocenters. The first-order chi connectivity index (χ1) is 20.0. The third kappa shape index (κ3) is 7.94. The summed E-state index contributed by atoms with van der Waals surface area (Å²) in [4.78, 5) is 68.7. The number of cyclic esters (lactones) is 1. The fraction of sp³-hybridized carbons (Fsp3) is 0.400. The third-order valence-electron chi connectivity index (χ3n) is 6.83. The van der Waals surface area contributed by atoms with Crippen LogP contribution in [0.15, 0.2) is 42.5 Å². The summed E-state index contributed by atoms with van der Waals surface area (Å²) in [5.41, 5.74) is 1.16. The molecule has 5 N–H and O–H groups in total. The van der Waals surface area contributed by atoms with Gasteiger partial charge in [0.05, 0.1) is 24.5 Å². The summed E-state index contributed by atoms with van der Waals surface area (Å²) in [6, 6.07) is 10.3. The van der Waals surface area contributed by atoms with E-state index in [-0.39, 0.29) is 36.9 Å². The maximum atomic E-state index is 15.0. The second-order valence-electron chi connectivity index (χ2n) is 9.57. The second kappa shape index (κ2) is 14.2. The van der Waals surface area contributed by atoms with Crippen LogP contribution in [0.4, 0.5) is 25.4 Å². The summed E-state index contributed by atoms with van der Waals surface area (Å²) in [7, 11) is -5.73. The standard InChI is InChI=1S/C25H31FN4O10P2/c26-20-12-17(3-6-21(20)28-7-9-29(10-8-28)22(32)15-31)30-14-19(40-25(30)34)13-27-24(33)39-18-4-1-16(2-5-18)11-23(41(35)36)42(37)38/h1-6,12,19,23,31,35-36,42H,7-11,13-15H2,(H,27,33)(H,37,38)/t19-,23?/m0/s1. The number of ether oxygens (including phenoxy) is 2.